The van der Waals surface area contributed by atoms with Crippen molar-refractivity contribution in [1.29, 1.82) is 0 Å². The first-order valence-corrected chi connectivity index (χ1v) is 33.3. The summed E-state index contributed by atoms with van der Waals surface area (Å²) in [5, 5.41) is 49.5. The van der Waals surface area contributed by atoms with E-state index in [1.54, 1.807) is 87.6 Å². The van der Waals surface area contributed by atoms with Crippen LogP contribution in [0.25, 0.3) is 11.2 Å². The van der Waals surface area contributed by atoms with Crippen LogP contribution in [0.5, 0.6) is 11.5 Å². The number of benzene rings is 2. The van der Waals surface area contributed by atoms with Gasteiger partial charge in [0, 0.05) is 78.3 Å². The molecule has 0 unspecified atom stereocenters. The topological polar surface area (TPSA) is 375 Å². The first kappa shape index (κ1) is 70.1. The van der Waals surface area contributed by atoms with Crippen LogP contribution in [0.2, 0.25) is 0 Å². The van der Waals surface area contributed by atoms with Gasteiger partial charge in [-0.15, -0.1) is 15.3 Å². The number of piperazine rings is 2. The molecule has 0 radical (unpaired) electrons. The molecule has 2 aromatic carbocycles. The fraction of sp³-hybridized carbons (Fsp3) is 0.556. The first-order chi connectivity index (χ1) is 46.7. The van der Waals surface area contributed by atoms with Crippen molar-refractivity contribution in [2.75, 3.05) is 133 Å². The second-order valence-electron chi connectivity index (χ2n) is 24.0. The molecule has 0 spiro atoms. The molecule has 96 heavy (non-hydrogen) atoms. The van der Waals surface area contributed by atoms with Crippen molar-refractivity contribution in [2.24, 2.45) is 23.3 Å². The van der Waals surface area contributed by atoms with Crippen LogP contribution in [0.1, 0.15) is 92.9 Å². The number of carbonyl (C=O) groups excluding carboxylic acids is 2. The number of fused-ring (bicyclic) bond motifs is 1. The zero-order valence-electron chi connectivity index (χ0n) is 55.0. The summed E-state index contributed by atoms with van der Waals surface area (Å²) in [5.74, 6) is 1.54. The molecular weight excluding hydrogens is 1250 g/mol. The Labute approximate surface area is 561 Å². The van der Waals surface area contributed by atoms with Gasteiger partial charge in [-0.1, -0.05) is 92.7 Å². The van der Waals surface area contributed by atoms with Gasteiger partial charge in [-0.2, -0.15) is 15.0 Å². The number of ether oxygens (including phenoxy) is 5. The van der Waals surface area contributed by atoms with Crippen LogP contribution in [-0.2, 0) is 65.8 Å². The fourth-order valence-corrected chi connectivity index (χ4v) is 11.3. The van der Waals surface area contributed by atoms with Crippen LogP contribution in [0.3, 0.4) is 0 Å². The van der Waals surface area contributed by atoms with Gasteiger partial charge in [-0.05, 0) is 47.2 Å². The maximum absolute atomic E-state index is 14.7. The molecule has 0 saturated carbocycles. The number of phenols is 2. The standard InChI is InChI=1S/C63H89N23O9S/c1-5-43(3)54(64)50-38-85(77-74-50)52(35-45-7-11-48(87)12-8-45)59(89)79-16-20-81(21-17-79)62-70-61(71-63(72-62)82-22-18-80(19-23-82)60(90)53(36-46-9-13-49(88)14-10-46)86-39-51(75-78-86)55(65)44(4)6-2)66-15-26-91-29-32-94-33-34-95-40-47-37-84(76-73-47)25-28-93-31-30-92-27-24-83-42-69-56-57(83)67-41-68-58(56)96/h7-14,37-39,41-44,52-55,87-88H,5-6,15-36,40,64-65H2,1-4H3,(H,67,68,96)(H,66,70,71,72)/t43-,44-,52-,53-,54-,55-/m0/s1. The van der Waals surface area contributed by atoms with Crippen molar-refractivity contribution in [3.63, 3.8) is 0 Å². The van der Waals surface area contributed by atoms with Crippen molar-refractivity contribution < 1.29 is 43.5 Å². The Morgan fingerprint density at radius 3 is 1.61 bits per heavy atom. The van der Waals surface area contributed by atoms with Crippen LogP contribution < -0.4 is 26.6 Å². The summed E-state index contributed by atoms with van der Waals surface area (Å²) in [7, 11) is 0. The maximum Gasteiger partial charge on any atom is 0.247 e. The van der Waals surface area contributed by atoms with E-state index in [1.165, 1.54) is 0 Å². The molecule has 0 bridgehead atoms. The summed E-state index contributed by atoms with van der Waals surface area (Å²) in [6, 6.07) is 11.5. The molecule has 10 rings (SSSR count). The van der Waals surface area contributed by atoms with Crippen LogP contribution in [0, 0.1) is 16.5 Å². The predicted molar refractivity (Wildman–Crippen MR) is 356 cm³/mol. The lowest BCUT2D eigenvalue weighted by Crippen LogP contribution is -2.52. The number of H-pyrrole nitrogens is 1. The summed E-state index contributed by atoms with van der Waals surface area (Å²) in [5.41, 5.74) is 18.3. The van der Waals surface area contributed by atoms with E-state index in [-0.39, 0.29) is 53.8 Å². The highest BCUT2D eigenvalue weighted by molar-refractivity contribution is 7.71. The highest BCUT2D eigenvalue weighted by Gasteiger charge is 2.35. The number of nitrogens with one attached hydrogen (secondary N) is 2. The number of imidazole rings is 1. The number of hydrogen-bond acceptors (Lipinski definition) is 26. The lowest BCUT2D eigenvalue weighted by atomic mass is 9.98. The monoisotopic (exact) mass is 1340 g/mol. The molecule has 8 N–H and O–H groups in total. The normalized spacial score (nSPS) is 15.6. The van der Waals surface area contributed by atoms with Crippen LogP contribution in [0.4, 0.5) is 17.8 Å². The zero-order chi connectivity index (χ0) is 67.3. The summed E-state index contributed by atoms with van der Waals surface area (Å²) >= 11 is 5.23. The molecule has 2 amide bonds. The van der Waals surface area contributed by atoms with Gasteiger partial charge >= 0.3 is 0 Å². The molecular formula is C63H89N23O9S. The molecule has 33 heteroatoms. The van der Waals surface area contributed by atoms with E-state index >= 15 is 0 Å². The van der Waals surface area contributed by atoms with E-state index in [2.05, 4.69) is 78.9 Å². The van der Waals surface area contributed by atoms with Gasteiger partial charge < -0.3 is 79.8 Å². The molecule has 6 atom stereocenters. The Morgan fingerprint density at radius 1 is 0.604 bits per heavy atom. The fourth-order valence-electron chi connectivity index (χ4n) is 11.1. The predicted octanol–water partition coefficient (Wildman–Crippen LogP) is 3.61. The largest absolute Gasteiger partial charge is 0.508 e. The summed E-state index contributed by atoms with van der Waals surface area (Å²) < 4.78 is 36.3. The number of carbonyl (C=O) groups is 2. The molecule has 0 aliphatic carbocycles. The number of hydrogen-bond donors (Lipinski definition) is 6. The van der Waals surface area contributed by atoms with Gasteiger partial charge in [-0.3, -0.25) is 9.59 Å². The second-order valence-corrected chi connectivity index (χ2v) is 24.4. The maximum atomic E-state index is 14.7. The number of aromatic nitrogens is 16. The Hall–Kier alpha value is -8.70. The van der Waals surface area contributed by atoms with Crippen molar-refractivity contribution in [3.8, 4) is 11.5 Å². The molecule has 6 aromatic heterocycles. The van der Waals surface area contributed by atoms with E-state index < -0.39 is 12.1 Å². The summed E-state index contributed by atoms with van der Waals surface area (Å²) in [6.07, 6.45) is 11.0. The van der Waals surface area contributed by atoms with E-state index in [0.717, 1.165) is 29.6 Å². The minimum atomic E-state index is -0.723. The third-order valence-corrected chi connectivity index (χ3v) is 17.7. The average Bonchev–Trinajstić information content (AvgIpc) is 1.29. The van der Waals surface area contributed by atoms with E-state index in [4.69, 9.17) is 62.3 Å². The molecule has 2 fully saturated rings. The van der Waals surface area contributed by atoms with Crippen molar-refractivity contribution in [3.05, 3.63) is 113 Å². The van der Waals surface area contributed by atoms with E-state index in [1.807, 2.05) is 30.4 Å². The highest BCUT2D eigenvalue weighted by atomic mass is 32.1. The van der Waals surface area contributed by atoms with Gasteiger partial charge in [0.1, 0.15) is 40.4 Å². The number of phenolic OH excluding ortho intramolecular Hbond substituents is 2. The minimum Gasteiger partial charge on any atom is -0.508 e. The Kier molecular flexibility index (Phi) is 25.4. The number of nitrogens with two attached hydrogens (primary N) is 2. The number of anilines is 3. The Balaban J connectivity index is 0.705. The number of amides is 2. The second kappa shape index (κ2) is 34.8. The van der Waals surface area contributed by atoms with E-state index in [0.29, 0.717) is 189 Å². The minimum absolute atomic E-state index is 0.126. The molecule has 8 heterocycles. The molecule has 2 aliphatic rings. The lowest BCUT2D eigenvalue weighted by molar-refractivity contribution is -0.136. The van der Waals surface area contributed by atoms with Gasteiger partial charge in [-0.25, -0.2) is 24.0 Å². The van der Waals surface area contributed by atoms with Gasteiger partial charge in [0.25, 0.3) is 0 Å². The van der Waals surface area contributed by atoms with Crippen molar-refractivity contribution in [2.45, 2.75) is 97.2 Å². The van der Waals surface area contributed by atoms with Crippen molar-refractivity contribution in [1.82, 2.24) is 89.3 Å². The SMILES string of the molecule is CC[C@H](C)[C@H](N)c1cn([C@@H](Cc2ccc(O)cc2)C(=O)N2CCN(c3nc(NCCOCCOCCOCc4cn(CCOCCOCCn5cnc6c(=S)nc[nH]c65)nn4)nc(N4CCN(C(=O)[C@H](Cc5ccc(O)cc5)n5cc([C@@H](N)[C@@H](C)CC)nn5)CC4)n3)CC2)nn1. The van der Waals surface area contributed by atoms with Gasteiger partial charge in [0.05, 0.1) is 127 Å². The quantitative estimate of drug-likeness (QED) is 0.0239. The number of aromatic amines is 1. The Bertz CT molecular complexity index is 3600. The van der Waals surface area contributed by atoms with E-state index in [9.17, 15) is 19.8 Å². The molecule has 32 nitrogen and oxygen atoms in total. The van der Waals surface area contributed by atoms with Crippen LogP contribution in [0.15, 0.2) is 79.8 Å². The van der Waals surface area contributed by atoms with Crippen LogP contribution in [-0.4, -0.2) is 230 Å². The number of aromatic hydroxyl groups is 2. The lowest BCUT2D eigenvalue weighted by Gasteiger charge is -2.38. The Morgan fingerprint density at radius 2 is 1.09 bits per heavy atom. The third-order valence-electron chi connectivity index (χ3n) is 17.4. The highest BCUT2D eigenvalue weighted by Crippen LogP contribution is 2.28. The summed E-state index contributed by atoms with van der Waals surface area (Å²) in [6.45, 7) is 16.9. The van der Waals surface area contributed by atoms with Gasteiger partial charge in [0.2, 0.25) is 29.7 Å². The van der Waals surface area contributed by atoms with Crippen LogP contribution >= 0.6 is 12.2 Å². The van der Waals surface area contributed by atoms with Crippen molar-refractivity contribution >= 4 is 53.0 Å². The summed E-state index contributed by atoms with van der Waals surface area (Å²) in [4.78, 5) is 63.4. The molecule has 8 aromatic rings. The number of nitrogens with zero attached hydrogens (tertiary/aromatic N) is 19. The van der Waals surface area contributed by atoms with Gasteiger partial charge in [0.15, 0.2) is 4.64 Å². The molecule has 2 aliphatic heterocycles. The first-order valence-electron chi connectivity index (χ1n) is 32.9. The molecule has 2 saturated heterocycles. The zero-order valence-corrected chi connectivity index (χ0v) is 55.8. The molecule has 516 valence electrons. The third kappa shape index (κ3) is 19.1. The average molecular weight is 1340 g/mol. The number of rotatable bonds is 37. The smallest absolute Gasteiger partial charge is 0.247 e.